The number of ether oxygens (including phenoxy) is 6. The zero-order valence-electron chi connectivity index (χ0n) is 28.2. The van der Waals surface area contributed by atoms with Crippen LogP contribution < -0.4 is 14.9 Å². The van der Waals surface area contributed by atoms with Gasteiger partial charge < -0.3 is 104 Å². The van der Waals surface area contributed by atoms with Gasteiger partial charge in [-0.2, -0.15) is 0 Å². The maximum absolute atomic E-state index is 14.2. The zero-order chi connectivity index (χ0) is 40.0. The summed E-state index contributed by atoms with van der Waals surface area (Å²) >= 11 is 0. The molecular weight excluding hydrogens is 748 g/mol. The minimum absolute atomic E-state index is 0.162. The number of phenols is 3. The third kappa shape index (κ3) is 7.63. The van der Waals surface area contributed by atoms with E-state index in [-0.39, 0.29) is 11.3 Å². The molecule has 14 N–H and O–H groups in total. The molecule has 55 heavy (non-hydrogen) atoms. The van der Waals surface area contributed by atoms with Crippen LogP contribution in [0, 0.1) is 0 Å². The van der Waals surface area contributed by atoms with Crippen LogP contribution in [0.25, 0.3) is 22.3 Å². The number of phenolic OH excluding ortho intramolecular Hbond substituents is 3. The number of hydrogen-bond donors (Lipinski definition) is 14. The molecule has 2 aromatic carbocycles. The topological polar surface area (TPSA) is 369 Å². The summed E-state index contributed by atoms with van der Waals surface area (Å²) in [5, 5.41) is 143. The molecule has 3 aromatic rings. The molecule has 0 aliphatic carbocycles. The summed E-state index contributed by atoms with van der Waals surface area (Å²) in [6.45, 7) is -2.56. The van der Waals surface area contributed by atoms with Crippen molar-refractivity contribution >= 4 is 11.0 Å². The second-order valence-electron chi connectivity index (χ2n) is 13.0. The van der Waals surface area contributed by atoms with E-state index in [1.165, 1.54) is 6.07 Å². The van der Waals surface area contributed by atoms with Crippen molar-refractivity contribution in [2.45, 2.75) is 92.1 Å². The Kier molecular flexibility index (Phi) is 12.0. The molecular formula is C33H40O22. The second-order valence-corrected chi connectivity index (χ2v) is 13.0. The van der Waals surface area contributed by atoms with Crippen molar-refractivity contribution in [3.8, 4) is 40.1 Å². The summed E-state index contributed by atoms with van der Waals surface area (Å²) in [4.78, 5) is 14.2. The molecule has 3 saturated heterocycles. The van der Waals surface area contributed by atoms with Gasteiger partial charge in [-0.3, -0.25) is 4.79 Å². The van der Waals surface area contributed by atoms with E-state index in [9.17, 15) is 76.3 Å². The van der Waals surface area contributed by atoms with Gasteiger partial charge in [0.05, 0.1) is 19.8 Å². The molecule has 1 aromatic heterocycles. The van der Waals surface area contributed by atoms with E-state index in [0.29, 0.717) is 0 Å². The molecule has 304 valence electrons. The summed E-state index contributed by atoms with van der Waals surface area (Å²) in [6, 6.07) is 5.03. The molecule has 0 unspecified atom stereocenters. The smallest absolute Gasteiger partial charge is 0.239 e. The van der Waals surface area contributed by atoms with Crippen molar-refractivity contribution in [3.63, 3.8) is 0 Å². The van der Waals surface area contributed by atoms with Crippen LogP contribution in [0.2, 0.25) is 0 Å². The van der Waals surface area contributed by atoms with Crippen LogP contribution in [-0.4, -0.2) is 183 Å². The largest absolute Gasteiger partial charge is 0.507 e. The Morgan fingerprint density at radius 1 is 0.564 bits per heavy atom. The third-order valence-electron chi connectivity index (χ3n) is 9.44. The van der Waals surface area contributed by atoms with Crippen molar-refractivity contribution in [1.29, 1.82) is 0 Å². The maximum Gasteiger partial charge on any atom is 0.239 e. The lowest BCUT2D eigenvalue weighted by molar-refractivity contribution is -0.358. The van der Waals surface area contributed by atoms with Gasteiger partial charge in [-0.05, 0) is 18.2 Å². The number of rotatable bonds is 10. The van der Waals surface area contributed by atoms with E-state index in [4.69, 9.17) is 32.8 Å². The Hall–Kier alpha value is -3.95. The van der Waals surface area contributed by atoms with E-state index < -0.39 is 157 Å². The van der Waals surface area contributed by atoms with Gasteiger partial charge in [0.2, 0.25) is 23.8 Å². The first-order valence-corrected chi connectivity index (χ1v) is 16.7. The standard InChI is InChI=1S/C33H40O22/c34-6-15-19(40)23(44)26(47)31(51-15)49-10-4-13(39)18-14(5-10)50-28(9-1-2-11(37)12(38)3-9)29(22(18)43)54-33-30(25(46)21(42)17(8-36)53-33)55-32-27(48)24(45)20(41)16(7-35)52-32/h1-5,15-17,19-21,23-27,30-42,44-48H,6-8H2/t15-,16-,17-,19-,20-,21-,23+,24+,25+,26-,27-,30+,31-,32+,33+/m1/s1. The first-order valence-electron chi connectivity index (χ1n) is 16.7. The maximum atomic E-state index is 14.2. The highest BCUT2D eigenvalue weighted by molar-refractivity contribution is 5.88. The van der Waals surface area contributed by atoms with Crippen molar-refractivity contribution < 1.29 is 104 Å². The quantitative estimate of drug-likeness (QED) is 0.0853. The number of aromatic hydroxyl groups is 3. The Labute approximate surface area is 307 Å². The Morgan fingerprint density at radius 3 is 1.69 bits per heavy atom. The normalized spacial score (nSPS) is 36.8. The molecule has 15 atom stereocenters. The lowest BCUT2D eigenvalue weighted by Gasteiger charge is -2.45. The van der Waals surface area contributed by atoms with Crippen molar-refractivity contribution in [2.24, 2.45) is 0 Å². The van der Waals surface area contributed by atoms with Crippen LogP contribution in [0.1, 0.15) is 0 Å². The van der Waals surface area contributed by atoms with Crippen molar-refractivity contribution in [3.05, 3.63) is 40.6 Å². The molecule has 4 heterocycles. The van der Waals surface area contributed by atoms with Gasteiger partial charge in [-0.1, -0.05) is 0 Å². The number of hydrogen-bond acceptors (Lipinski definition) is 22. The lowest BCUT2D eigenvalue weighted by Crippen LogP contribution is -2.65. The van der Waals surface area contributed by atoms with Crippen molar-refractivity contribution in [2.75, 3.05) is 19.8 Å². The predicted octanol–water partition coefficient (Wildman–Crippen LogP) is -5.24. The van der Waals surface area contributed by atoms with E-state index in [2.05, 4.69) is 0 Å². The average molecular weight is 789 g/mol. The first kappa shape index (κ1) is 40.7. The summed E-state index contributed by atoms with van der Waals surface area (Å²) < 4.78 is 39.5. The van der Waals surface area contributed by atoms with Gasteiger partial charge in [0.1, 0.15) is 89.6 Å². The summed E-state index contributed by atoms with van der Waals surface area (Å²) in [7, 11) is 0. The van der Waals surface area contributed by atoms with Crippen LogP contribution in [0.15, 0.2) is 39.5 Å². The fourth-order valence-electron chi connectivity index (χ4n) is 6.33. The molecule has 0 radical (unpaired) electrons. The highest BCUT2D eigenvalue weighted by Crippen LogP contribution is 2.41. The molecule has 6 rings (SSSR count). The molecule has 22 heteroatoms. The highest BCUT2D eigenvalue weighted by atomic mass is 16.8. The van der Waals surface area contributed by atoms with Crippen LogP contribution >= 0.6 is 0 Å². The highest BCUT2D eigenvalue weighted by Gasteiger charge is 2.52. The summed E-state index contributed by atoms with van der Waals surface area (Å²) in [5.74, 6) is -3.84. The van der Waals surface area contributed by atoms with Gasteiger partial charge in [0.25, 0.3) is 0 Å². The summed E-state index contributed by atoms with van der Waals surface area (Å²) in [6.07, 6.45) is -27.2. The molecule has 3 fully saturated rings. The van der Waals surface area contributed by atoms with Gasteiger partial charge in [-0.15, -0.1) is 0 Å². The average Bonchev–Trinajstić information content (AvgIpc) is 3.16. The number of benzene rings is 2. The fraction of sp³-hybridized carbons (Fsp3) is 0.545. The van der Waals surface area contributed by atoms with E-state index in [1.807, 2.05) is 0 Å². The molecule has 3 aliphatic rings. The minimum Gasteiger partial charge on any atom is -0.507 e. The zero-order valence-corrected chi connectivity index (χ0v) is 28.2. The van der Waals surface area contributed by atoms with Crippen LogP contribution in [0.4, 0.5) is 0 Å². The SMILES string of the molecule is O=c1c(O[C@@H]2O[C@H](CO)[C@@H](O)[C@H](O)[C@@H]2O[C@@H]2O[C@H](CO)[C@@H](O)[C@H](O)[C@H]2O)c(-c2ccc(O)c(O)c2)oc2cc(O[C@@H]3O[C@H](CO)[C@@H](O)[C@H](O)[C@H]3O)cc(O)c12. The van der Waals surface area contributed by atoms with Gasteiger partial charge in [0, 0.05) is 17.7 Å². The number of fused-ring (bicyclic) bond motifs is 1. The molecule has 22 nitrogen and oxygen atoms in total. The van der Waals surface area contributed by atoms with Crippen LogP contribution in [-0.2, 0) is 18.9 Å². The lowest BCUT2D eigenvalue weighted by atomic mass is 9.97. The predicted molar refractivity (Wildman–Crippen MR) is 174 cm³/mol. The Bertz CT molecular complexity index is 1870. The molecule has 0 saturated carbocycles. The Balaban J connectivity index is 1.43. The second kappa shape index (κ2) is 16.3. The summed E-state index contributed by atoms with van der Waals surface area (Å²) in [5.41, 5.74) is -1.77. The van der Waals surface area contributed by atoms with E-state index in [0.717, 1.165) is 24.3 Å². The third-order valence-corrected chi connectivity index (χ3v) is 9.44. The van der Waals surface area contributed by atoms with Crippen molar-refractivity contribution in [1.82, 2.24) is 0 Å². The van der Waals surface area contributed by atoms with Crippen LogP contribution in [0.5, 0.6) is 28.7 Å². The molecule has 0 amide bonds. The number of aliphatic hydroxyl groups is 11. The molecule has 3 aliphatic heterocycles. The van der Waals surface area contributed by atoms with E-state index >= 15 is 0 Å². The Morgan fingerprint density at radius 2 is 1.11 bits per heavy atom. The molecule has 0 bridgehead atoms. The number of aliphatic hydroxyl groups excluding tert-OH is 11. The fourth-order valence-corrected chi connectivity index (χ4v) is 6.33. The van der Waals surface area contributed by atoms with E-state index in [1.54, 1.807) is 0 Å². The first-order chi connectivity index (χ1) is 26.1. The van der Waals surface area contributed by atoms with Gasteiger partial charge in [-0.25, -0.2) is 0 Å². The van der Waals surface area contributed by atoms with Gasteiger partial charge >= 0.3 is 0 Å². The minimum atomic E-state index is -2.05. The van der Waals surface area contributed by atoms with Gasteiger partial charge in [0.15, 0.2) is 29.7 Å². The monoisotopic (exact) mass is 788 g/mol. The molecule has 0 spiro atoms. The van der Waals surface area contributed by atoms with Crippen LogP contribution in [0.3, 0.4) is 0 Å².